The summed E-state index contributed by atoms with van der Waals surface area (Å²) in [6, 6.07) is 16.0. The summed E-state index contributed by atoms with van der Waals surface area (Å²) in [5.41, 5.74) is 1.73. The number of carbonyl (C=O) groups is 2. The Morgan fingerprint density at radius 1 is 0.893 bits per heavy atom. The molecule has 5 nitrogen and oxygen atoms in total. The summed E-state index contributed by atoms with van der Waals surface area (Å²) in [5.74, 6) is 0.660. The summed E-state index contributed by atoms with van der Waals surface area (Å²) in [4.78, 5) is 25.3. The van der Waals surface area contributed by atoms with Crippen molar-refractivity contribution in [3.63, 3.8) is 0 Å². The summed E-state index contributed by atoms with van der Waals surface area (Å²) in [6.07, 6.45) is 0.380. The highest BCUT2D eigenvalue weighted by atomic mass is 16.5. The average Bonchev–Trinajstić information content (AvgIpc) is 2.67. The Bertz CT molecular complexity index is 757. The van der Waals surface area contributed by atoms with E-state index in [1.165, 1.54) is 0 Å². The first kappa shape index (κ1) is 21.5. The Morgan fingerprint density at radius 3 is 2.11 bits per heavy atom. The average molecular weight is 383 g/mol. The van der Waals surface area contributed by atoms with Crippen LogP contribution >= 0.6 is 0 Å². The topological polar surface area (TPSA) is 67.4 Å². The largest absolute Gasteiger partial charge is 0.494 e. The highest BCUT2D eigenvalue weighted by molar-refractivity contribution is 5.89. The first-order valence-corrected chi connectivity index (χ1v) is 9.78. The number of amides is 2. The van der Waals surface area contributed by atoms with Gasteiger partial charge in [0.05, 0.1) is 12.6 Å². The van der Waals surface area contributed by atoms with Gasteiger partial charge in [-0.15, -0.1) is 0 Å². The standard InChI is InChI=1S/C23H30N2O3/c1-5-28-20-13-11-18(12-14-20)17(4)24-23(27)22(19-9-7-6-8-10-19)25-21(26)15-16(2)3/h6-14,16-17,22H,5,15H2,1-4H3,(H,24,27)(H,25,26). The second kappa shape index (κ2) is 10.5. The van der Waals surface area contributed by atoms with Crippen LogP contribution in [0, 0.1) is 5.92 Å². The maximum Gasteiger partial charge on any atom is 0.247 e. The van der Waals surface area contributed by atoms with Crippen molar-refractivity contribution in [2.45, 2.75) is 46.2 Å². The van der Waals surface area contributed by atoms with Crippen LogP contribution < -0.4 is 15.4 Å². The van der Waals surface area contributed by atoms with Gasteiger partial charge in [-0.1, -0.05) is 56.3 Å². The fraction of sp³-hybridized carbons (Fsp3) is 0.391. The predicted molar refractivity (Wildman–Crippen MR) is 111 cm³/mol. The van der Waals surface area contributed by atoms with E-state index in [0.717, 1.165) is 16.9 Å². The number of hydrogen-bond acceptors (Lipinski definition) is 3. The summed E-state index contributed by atoms with van der Waals surface area (Å²) >= 11 is 0. The van der Waals surface area contributed by atoms with E-state index in [1.54, 1.807) is 0 Å². The number of nitrogens with one attached hydrogen (secondary N) is 2. The summed E-state index contributed by atoms with van der Waals surface area (Å²) in [6.45, 7) is 8.43. The van der Waals surface area contributed by atoms with Gasteiger partial charge in [0.15, 0.2) is 0 Å². The predicted octanol–water partition coefficient (Wildman–Crippen LogP) is 4.17. The molecule has 2 aromatic carbocycles. The molecule has 0 aliphatic heterocycles. The lowest BCUT2D eigenvalue weighted by Crippen LogP contribution is -2.41. The lowest BCUT2D eigenvalue weighted by molar-refractivity contribution is -0.130. The Hall–Kier alpha value is -2.82. The molecule has 2 atom stereocenters. The molecule has 28 heavy (non-hydrogen) atoms. The minimum atomic E-state index is -0.724. The molecule has 2 rings (SSSR count). The van der Waals surface area contributed by atoms with Crippen LogP contribution in [0.4, 0.5) is 0 Å². The fourth-order valence-corrected chi connectivity index (χ4v) is 2.94. The van der Waals surface area contributed by atoms with Gasteiger partial charge in [0.1, 0.15) is 11.8 Å². The van der Waals surface area contributed by atoms with Crippen LogP contribution in [-0.4, -0.2) is 18.4 Å². The normalized spacial score (nSPS) is 12.9. The number of benzene rings is 2. The van der Waals surface area contributed by atoms with Crippen LogP contribution in [0.1, 0.15) is 57.3 Å². The Labute approximate surface area is 167 Å². The van der Waals surface area contributed by atoms with E-state index in [2.05, 4.69) is 10.6 Å². The summed E-state index contributed by atoms with van der Waals surface area (Å²) in [7, 11) is 0. The van der Waals surface area contributed by atoms with Crippen molar-refractivity contribution in [2.75, 3.05) is 6.61 Å². The van der Waals surface area contributed by atoms with E-state index in [0.29, 0.717) is 13.0 Å². The SMILES string of the molecule is CCOc1ccc(C(C)NC(=O)C(NC(=O)CC(C)C)c2ccccc2)cc1. The minimum Gasteiger partial charge on any atom is -0.494 e. The molecule has 0 saturated carbocycles. The van der Waals surface area contributed by atoms with Crippen LogP contribution in [0.3, 0.4) is 0 Å². The Kier molecular flexibility index (Phi) is 8.05. The smallest absolute Gasteiger partial charge is 0.247 e. The number of rotatable bonds is 9. The zero-order chi connectivity index (χ0) is 20.5. The third-order valence-electron chi connectivity index (χ3n) is 4.34. The molecular weight excluding hydrogens is 352 g/mol. The zero-order valence-electron chi connectivity index (χ0n) is 17.1. The molecule has 0 heterocycles. The van der Waals surface area contributed by atoms with Crippen LogP contribution in [-0.2, 0) is 9.59 Å². The van der Waals surface area contributed by atoms with Gasteiger partial charge in [-0.3, -0.25) is 9.59 Å². The van der Waals surface area contributed by atoms with Gasteiger partial charge in [0, 0.05) is 6.42 Å². The fourth-order valence-electron chi connectivity index (χ4n) is 2.94. The molecule has 0 saturated heterocycles. The maximum atomic E-state index is 13.0. The second-order valence-corrected chi connectivity index (χ2v) is 7.24. The zero-order valence-corrected chi connectivity index (χ0v) is 17.1. The van der Waals surface area contributed by atoms with Crippen molar-refractivity contribution in [1.29, 1.82) is 0 Å². The summed E-state index contributed by atoms with van der Waals surface area (Å²) in [5, 5.41) is 5.89. The van der Waals surface area contributed by atoms with Crippen molar-refractivity contribution in [1.82, 2.24) is 10.6 Å². The molecule has 0 spiro atoms. The number of carbonyl (C=O) groups excluding carboxylic acids is 2. The van der Waals surface area contributed by atoms with Crippen molar-refractivity contribution >= 4 is 11.8 Å². The second-order valence-electron chi connectivity index (χ2n) is 7.24. The minimum absolute atomic E-state index is 0.132. The Balaban J connectivity index is 2.11. The van der Waals surface area contributed by atoms with Crippen molar-refractivity contribution in [3.05, 3.63) is 65.7 Å². The van der Waals surface area contributed by atoms with E-state index in [-0.39, 0.29) is 23.8 Å². The van der Waals surface area contributed by atoms with Gasteiger partial charge in [0.2, 0.25) is 11.8 Å². The third-order valence-corrected chi connectivity index (χ3v) is 4.34. The lowest BCUT2D eigenvalue weighted by Gasteiger charge is -2.22. The third kappa shape index (κ3) is 6.41. The van der Waals surface area contributed by atoms with E-state index in [4.69, 9.17) is 4.74 Å². The lowest BCUT2D eigenvalue weighted by atomic mass is 10.0. The van der Waals surface area contributed by atoms with Gasteiger partial charge >= 0.3 is 0 Å². The molecule has 150 valence electrons. The molecule has 5 heteroatoms. The van der Waals surface area contributed by atoms with Gasteiger partial charge in [0.25, 0.3) is 0 Å². The van der Waals surface area contributed by atoms with Gasteiger partial charge in [-0.25, -0.2) is 0 Å². The Morgan fingerprint density at radius 2 is 1.54 bits per heavy atom. The molecule has 0 aromatic heterocycles. The molecule has 2 aromatic rings. The van der Waals surface area contributed by atoms with Crippen LogP contribution in [0.15, 0.2) is 54.6 Å². The van der Waals surface area contributed by atoms with E-state index in [9.17, 15) is 9.59 Å². The summed E-state index contributed by atoms with van der Waals surface area (Å²) < 4.78 is 5.46. The molecule has 0 radical (unpaired) electrons. The number of ether oxygens (including phenoxy) is 1. The number of hydrogen-bond donors (Lipinski definition) is 2. The highest BCUT2D eigenvalue weighted by Gasteiger charge is 2.24. The molecule has 0 bridgehead atoms. The molecule has 2 N–H and O–H groups in total. The van der Waals surface area contributed by atoms with Gasteiger partial charge in [-0.2, -0.15) is 0 Å². The van der Waals surface area contributed by atoms with E-state index < -0.39 is 6.04 Å². The molecule has 2 amide bonds. The first-order chi connectivity index (χ1) is 13.4. The van der Waals surface area contributed by atoms with E-state index >= 15 is 0 Å². The van der Waals surface area contributed by atoms with Crippen molar-refractivity contribution in [3.8, 4) is 5.75 Å². The quantitative estimate of drug-likeness (QED) is 0.684. The maximum absolute atomic E-state index is 13.0. The molecule has 0 aliphatic rings. The van der Waals surface area contributed by atoms with Crippen LogP contribution in [0.2, 0.25) is 0 Å². The van der Waals surface area contributed by atoms with E-state index in [1.807, 2.05) is 82.3 Å². The van der Waals surface area contributed by atoms with Crippen molar-refractivity contribution < 1.29 is 14.3 Å². The highest BCUT2D eigenvalue weighted by Crippen LogP contribution is 2.20. The molecule has 2 unspecified atom stereocenters. The monoisotopic (exact) mass is 382 g/mol. The van der Waals surface area contributed by atoms with Gasteiger partial charge < -0.3 is 15.4 Å². The molecule has 0 fully saturated rings. The van der Waals surface area contributed by atoms with Crippen LogP contribution in [0.5, 0.6) is 5.75 Å². The molecule has 0 aliphatic carbocycles. The van der Waals surface area contributed by atoms with Crippen molar-refractivity contribution in [2.24, 2.45) is 5.92 Å². The first-order valence-electron chi connectivity index (χ1n) is 9.78. The molecular formula is C23H30N2O3. The van der Waals surface area contributed by atoms with Gasteiger partial charge in [-0.05, 0) is 43.0 Å². The van der Waals surface area contributed by atoms with Crippen LogP contribution in [0.25, 0.3) is 0 Å².